The topological polar surface area (TPSA) is 136 Å². The summed E-state index contributed by atoms with van der Waals surface area (Å²) in [7, 11) is 1.62. The van der Waals surface area contributed by atoms with Crippen molar-refractivity contribution in [3.8, 4) is 5.75 Å². The summed E-state index contributed by atoms with van der Waals surface area (Å²) in [5.74, 6) is -0.0509. The summed E-state index contributed by atoms with van der Waals surface area (Å²) in [6.45, 7) is 2.55. The zero-order valence-electron chi connectivity index (χ0n) is 38.6. The number of carbonyl (C=O) groups excluding carboxylic acids is 2. The van der Waals surface area contributed by atoms with Crippen molar-refractivity contribution in [3.63, 3.8) is 0 Å². The maximum absolute atomic E-state index is 14.0. The first-order valence-corrected chi connectivity index (χ1v) is 24.3. The van der Waals surface area contributed by atoms with Crippen LogP contribution in [0.25, 0.3) is 0 Å². The maximum atomic E-state index is 14.0. The van der Waals surface area contributed by atoms with E-state index in [1.807, 2.05) is 152 Å². The quantitative estimate of drug-likeness (QED) is 0.0613. The molecule has 8 rings (SSSR count). The van der Waals surface area contributed by atoms with Crippen LogP contribution in [0.3, 0.4) is 0 Å². The molecule has 0 aromatic heterocycles. The minimum Gasteiger partial charge on any atom is -0.497 e. The fourth-order valence-corrected chi connectivity index (χ4v) is 9.20. The fraction of sp³-hybridized carbons (Fsp3) is 0.407. The van der Waals surface area contributed by atoms with Gasteiger partial charge in [0.1, 0.15) is 59.7 Å². The number of benzene rings is 5. The standard InChI is InChI=1S/C54H60O13S/c1-36(55)24-29-45(56)65-50-48(60-32-39-20-12-6-13-21-39)46(59-31-38-18-10-5-11-19-38)43(34-58-30-37-16-8-4-9-17-37)63-53(50)67-49-47-44(35-62-52(66-47)41-22-14-7-15-23-41)64-54(68-3)51(49)61-33-40-25-27-42(57-2)28-26-40/h4-23,25-28,43-44,46-54H,24,29-35H2,1-3H3/t43-,44-,46-,47-,48+,49+,50+,51+,52-,53-,54-/m1/s1. The van der Waals surface area contributed by atoms with Gasteiger partial charge in [-0.2, -0.15) is 0 Å². The summed E-state index contributed by atoms with van der Waals surface area (Å²) in [6.07, 6.45) is -7.05. The van der Waals surface area contributed by atoms with E-state index in [1.54, 1.807) is 7.11 Å². The number of hydrogen-bond donors (Lipinski definition) is 0. The number of thioether (sulfide) groups is 1. The third kappa shape index (κ3) is 13.4. The molecule has 0 radical (unpaired) electrons. The van der Waals surface area contributed by atoms with Gasteiger partial charge in [-0.25, -0.2) is 0 Å². The van der Waals surface area contributed by atoms with Crippen molar-refractivity contribution in [2.45, 2.75) is 113 Å². The van der Waals surface area contributed by atoms with E-state index in [0.29, 0.717) is 6.61 Å². The second-order valence-electron chi connectivity index (χ2n) is 16.9. The number of Topliss-reactive ketones (excluding diaryl/α,β-unsaturated/α-hetero) is 1. The Morgan fingerprint density at radius 1 is 0.603 bits per heavy atom. The van der Waals surface area contributed by atoms with Crippen molar-refractivity contribution in [1.82, 2.24) is 0 Å². The van der Waals surface area contributed by atoms with Crippen LogP contribution >= 0.6 is 11.8 Å². The number of ether oxygens (including phenoxy) is 11. The zero-order chi connectivity index (χ0) is 47.1. The Bertz CT molecular complexity index is 2270. The Balaban J connectivity index is 1.18. The first-order chi connectivity index (χ1) is 33.3. The van der Waals surface area contributed by atoms with Gasteiger partial charge in [0.05, 0.1) is 53.2 Å². The second kappa shape index (κ2) is 25.1. The first-order valence-electron chi connectivity index (χ1n) is 23.0. The van der Waals surface area contributed by atoms with Gasteiger partial charge in [0.25, 0.3) is 0 Å². The molecule has 14 heteroatoms. The van der Waals surface area contributed by atoms with E-state index < -0.39 is 72.8 Å². The molecule has 3 heterocycles. The molecule has 3 aliphatic rings. The van der Waals surface area contributed by atoms with Crippen LogP contribution < -0.4 is 4.74 Å². The van der Waals surface area contributed by atoms with E-state index in [2.05, 4.69) is 0 Å². The zero-order valence-corrected chi connectivity index (χ0v) is 39.4. The van der Waals surface area contributed by atoms with E-state index in [4.69, 9.17) is 52.1 Å². The van der Waals surface area contributed by atoms with E-state index in [0.717, 1.165) is 33.6 Å². The number of rotatable bonds is 22. The molecule has 3 saturated heterocycles. The fourth-order valence-electron chi connectivity index (χ4n) is 8.44. The second-order valence-corrected chi connectivity index (χ2v) is 17.8. The highest BCUT2D eigenvalue weighted by atomic mass is 32.2. The molecule has 3 aliphatic heterocycles. The predicted octanol–water partition coefficient (Wildman–Crippen LogP) is 8.56. The third-order valence-electron chi connectivity index (χ3n) is 12.0. The van der Waals surface area contributed by atoms with Crippen LogP contribution in [0, 0.1) is 0 Å². The Hall–Kier alpha value is -4.97. The molecule has 0 amide bonds. The summed E-state index contributed by atoms with van der Waals surface area (Å²) < 4.78 is 73.0. The predicted molar refractivity (Wildman–Crippen MR) is 253 cm³/mol. The SMILES string of the molecule is COc1ccc(CO[C@H]2[C@@H](O[C@H]3O[C@H](COCc4ccccc4)[C@@H](OCc4ccccc4)[C@H](OCc4ccccc4)[C@@H]3OC(=O)CCC(C)=O)[C@@H]3O[C@H](c4ccccc4)OC[C@H]3O[C@@H]2SC)cc1. The smallest absolute Gasteiger partial charge is 0.306 e. The molecular formula is C54H60O13S. The van der Waals surface area contributed by atoms with Crippen LogP contribution in [-0.4, -0.2) is 98.9 Å². The number of carbonyl (C=O) groups is 2. The van der Waals surface area contributed by atoms with E-state index in [1.165, 1.54) is 18.7 Å². The van der Waals surface area contributed by atoms with Gasteiger partial charge in [0, 0.05) is 12.0 Å². The van der Waals surface area contributed by atoms with Gasteiger partial charge in [0.2, 0.25) is 0 Å². The van der Waals surface area contributed by atoms with E-state index in [9.17, 15) is 9.59 Å². The summed E-state index contributed by atoms with van der Waals surface area (Å²) in [4.78, 5) is 26.2. The first kappa shape index (κ1) is 49.5. The summed E-state index contributed by atoms with van der Waals surface area (Å²) in [6, 6.07) is 46.7. The molecule has 0 saturated carbocycles. The molecule has 68 heavy (non-hydrogen) atoms. The molecule has 5 aromatic rings. The van der Waals surface area contributed by atoms with Gasteiger partial charge < -0.3 is 56.9 Å². The maximum Gasteiger partial charge on any atom is 0.306 e. The molecule has 0 unspecified atom stereocenters. The van der Waals surface area contributed by atoms with Gasteiger partial charge in [-0.3, -0.25) is 4.79 Å². The summed E-state index contributed by atoms with van der Waals surface area (Å²) in [5, 5.41) is 0. The van der Waals surface area contributed by atoms with Crippen LogP contribution in [0.5, 0.6) is 5.75 Å². The van der Waals surface area contributed by atoms with E-state index in [-0.39, 0.29) is 51.7 Å². The van der Waals surface area contributed by atoms with Gasteiger partial charge in [-0.05, 0) is 47.6 Å². The lowest BCUT2D eigenvalue weighted by Crippen LogP contribution is -2.67. The number of methoxy groups -OCH3 is 1. The summed E-state index contributed by atoms with van der Waals surface area (Å²) >= 11 is 1.47. The monoisotopic (exact) mass is 948 g/mol. The van der Waals surface area contributed by atoms with Crippen molar-refractivity contribution in [2.24, 2.45) is 0 Å². The molecule has 11 atom stereocenters. The molecule has 0 N–H and O–H groups in total. The summed E-state index contributed by atoms with van der Waals surface area (Å²) in [5.41, 5.74) is 3.96. The lowest BCUT2D eigenvalue weighted by molar-refractivity contribution is -0.374. The molecule has 13 nitrogen and oxygen atoms in total. The lowest BCUT2D eigenvalue weighted by atomic mass is 9.95. The van der Waals surface area contributed by atoms with E-state index >= 15 is 0 Å². The Labute approximate surface area is 402 Å². The molecule has 3 fully saturated rings. The number of fused-ring (bicyclic) bond motifs is 1. The van der Waals surface area contributed by atoms with Crippen molar-refractivity contribution < 1.29 is 61.7 Å². The minimum absolute atomic E-state index is 0.00747. The number of esters is 1. The van der Waals surface area contributed by atoms with Crippen LogP contribution in [0.1, 0.15) is 53.9 Å². The third-order valence-corrected chi connectivity index (χ3v) is 12.8. The number of hydrogen-bond acceptors (Lipinski definition) is 14. The number of ketones is 1. The average Bonchev–Trinajstić information content (AvgIpc) is 3.38. The minimum atomic E-state index is -1.29. The van der Waals surface area contributed by atoms with Crippen LogP contribution in [0.4, 0.5) is 0 Å². The highest BCUT2D eigenvalue weighted by Crippen LogP contribution is 2.41. The van der Waals surface area contributed by atoms with Gasteiger partial charge in [-0.15, -0.1) is 11.8 Å². The van der Waals surface area contributed by atoms with Gasteiger partial charge in [0.15, 0.2) is 18.7 Å². The van der Waals surface area contributed by atoms with Crippen LogP contribution in [-0.2, 0) is 83.4 Å². The Morgan fingerprint density at radius 2 is 1.16 bits per heavy atom. The van der Waals surface area contributed by atoms with Crippen LogP contribution in [0.2, 0.25) is 0 Å². The molecular weight excluding hydrogens is 889 g/mol. The lowest BCUT2D eigenvalue weighted by Gasteiger charge is -2.51. The average molecular weight is 949 g/mol. The van der Waals surface area contributed by atoms with Gasteiger partial charge >= 0.3 is 5.97 Å². The van der Waals surface area contributed by atoms with Crippen molar-refractivity contribution in [3.05, 3.63) is 173 Å². The Kier molecular flexibility index (Phi) is 18.2. The highest BCUT2D eigenvalue weighted by Gasteiger charge is 2.56. The molecule has 0 spiro atoms. The van der Waals surface area contributed by atoms with Crippen molar-refractivity contribution >= 4 is 23.5 Å². The Morgan fingerprint density at radius 3 is 1.75 bits per heavy atom. The molecule has 5 aromatic carbocycles. The molecule has 360 valence electrons. The van der Waals surface area contributed by atoms with Crippen molar-refractivity contribution in [1.29, 1.82) is 0 Å². The van der Waals surface area contributed by atoms with Crippen LogP contribution in [0.15, 0.2) is 146 Å². The van der Waals surface area contributed by atoms with Crippen molar-refractivity contribution in [2.75, 3.05) is 26.6 Å². The normalized spacial score (nSPS) is 26.9. The van der Waals surface area contributed by atoms with Gasteiger partial charge in [-0.1, -0.05) is 133 Å². The molecule has 0 aliphatic carbocycles. The highest BCUT2D eigenvalue weighted by molar-refractivity contribution is 7.99. The molecule has 0 bridgehead atoms. The largest absolute Gasteiger partial charge is 0.497 e.